The van der Waals surface area contributed by atoms with Crippen molar-refractivity contribution < 1.29 is 13.2 Å². The van der Waals surface area contributed by atoms with E-state index in [1.807, 2.05) is 30.3 Å². The number of nitrogens with zero attached hydrogens (tertiary/aromatic N) is 1. The van der Waals surface area contributed by atoms with Crippen LogP contribution in [0.25, 0.3) is 10.8 Å². The van der Waals surface area contributed by atoms with E-state index in [-0.39, 0.29) is 6.04 Å². The second-order valence-electron chi connectivity index (χ2n) is 7.88. The standard InChI is InChI=1S/C20H24N2O3S/c23-26(24,19-8-7-14-3-1-2-4-16(14)9-19)21-17-10-18-13-25-20(15-5-6-15)12-22(18)11-17/h1-4,7-9,15,17-18,20-21H,5-6,10-13H2/t17-,18-,20+/m0/s1. The van der Waals surface area contributed by atoms with Gasteiger partial charge in [0.25, 0.3) is 0 Å². The number of nitrogens with one attached hydrogen (secondary N) is 1. The average Bonchev–Trinajstić information content (AvgIpc) is 3.41. The Bertz CT molecular complexity index is 926. The highest BCUT2D eigenvalue weighted by Gasteiger charge is 2.43. The highest BCUT2D eigenvalue weighted by atomic mass is 32.2. The first kappa shape index (κ1) is 16.7. The molecule has 0 unspecified atom stereocenters. The minimum Gasteiger partial charge on any atom is -0.375 e. The van der Waals surface area contributed by atoms with E-state index in [4.69, 9.17) is 4.74 Å². The normalized spacial score (nSPS) is 29.8. The molecule has 1 N–H and O–H groups in total. The summed E-state index contributed by atoms with van der Waals surface area (Å²) in [5.41, 5.74) is 0. The molecule has 5 rings (SSSR count). The zero-order valence-corrected chi connectivity index (χ0v) is 15.5. The van der Waals surface area contributed by atoms with Gasteiger partial charge in [-0.3, -0.25) is 4.90 Å². The van der Waals surface area contributed by atoms with Crippen LogP contribution in [0, 0.1) is 5.92 Å². The summed E-state index contributed by atoms with van der Waals surface area (Å²) in [7, 11) is -3.51. The maximum absolute atomic E-state index is 12.9. The van der Waals surface area contributed by atoms with Crippen molar-refractivity contribution in [1.29, 1.82) is 0 Å². The number of hydrogen-bond acceptors (Lipinski definition) is 4. The molecular formula is C20H24N2O3S. The lowest BCUT2D eigenvalue weighted by Crippen LogP contribution is -2.47. The predicted molar refractivity (Wildman–Crippen MR) is 100 cm³/mol. The van der Waals surface area contributed by atoms with Crippen LogP contribution in [-0.4, -0.2) is 51.2 Å². The lowest BCUT2D eigenvalue weighted by atomic mass is 10.1. The van der Waals surface area contributed by atoms with Crippen molar-refractivity contribution in [2.75, 3.05) is 19.7 Å². The number of sulfonamides is 1. The summed E-state index contributed by atoms with van der Waals surface area (Å²) in [6.45, 7) is 2.46. The summed E-state index contributed by atoms with van der Waals surface area (Å²) in [5.74, 6) is 0.726. The molecule has 0 bridgehead atoms. The Morgan fingerprint density at radius 2 is 1.85 bits per heavy atom. The number of rotatable bonds is 4. The van der Waals surface area contributed by atoms with Gasteiger partial charge in [-0.15, -0.1) is 0 Å². The van der Waals surface area contributed by atoms with Gasteiger partial charge in [0.05, 0.1) is 17.6 Å². The molecule has 0 spiro atoms. The molecule has 1 saturated carbocycles. The van der Waals surface area contributed by atoms with Gasteiger partial charge < -0.3 is 4.74 Å². The van der Waals surface area contributed by atoms with Crippen molar-refractivity contribution in [2.45, 2.75) is 42.3 Å². The fraction of sp³-hybridized carbons (Fsp3) is 0.500. The van der Waals surface area contributed by atoms with Crippen LogP contribution in [0.5, 0.6) is 0 Å². The second kappa shape index (κ2) is 6.30. The molecule has 3 atom stereocenters. The summed E-state index contributed by atoms with van der Waals surface area (Å²) >= 11 is 0. The van der Waals surface area contributed by atoms with E-state index < -0.39 is 10.0 Å². The summed E-state index contributed by atoms with van der Waals surface area (Å²) < 4.78 is 34.7. The Labute approximate surface area is 154 Å². The largest absolute Gasteiger partial charge is 0.375 e. The summed E-state index contributed by atoms with van der Waals surface area (Å²) in [6, 6.07) is 13.4. The summed E-state index contributed by atoms with van der Waals surface area (Å²) in [6.07, 6.45) is 3.73. The van der Waals surface area contributed by atoms with E-state index in [0.29, 0.717) is 17.0 Å². The zero-order chi connectivity index (χ0) is 17.7. The maximum atomic E-state index is 12.9. The molecule has 6 heteroatoms. The van der Waals surface area contributed by atoms with E-state index >= 15 is 0 Å². The van der Waals surface area contributed by atoms with Crippen molar-refractivity contribution in [3.63, 3.8) is 0 Å². The number of morpholine rings is 1. The van der Waals surface area contributed by atoms with Crippen molar-refractivity contribution in [2.24, 2.45) is 5.92 Å². The van der Waals surface area contributed by atoms with Gasteiger partial charge in [-0.1, -0.05) is 30.3 Å². The lowest BCUT2D eigenvalue weighted by molar-refractivity contribution is -0.0581. The van der Waals surface area contributed by atoms with Gasteiger partial charge in [-0.25, -0.2) is 13.1 Å². The van der Waals surface area contributed by atoms with E-state index in [1.165, 1.54) is 12.8 Å². The lowest BCUT2D eigenvalue weighted by Gasteiger charge is -2.35. The topological polar surface area (TPSA) is 58.6 Å². The monoisotopic (exact) mass is 372 g/mol. The first-order chi connectivity index (χ1) is 12.6. The van der Waals surface area contributed by atoms with E-state index in [1.54, 1.807) is 12.1 Å². The quantitative estimate of drug-likeness (QED) is 0.895. The predicted octanol–water partition coefficient (Wildman–Crippen LogP) is 2.37. The molecule has 2 saturated heterocycles. The molecule has 0 aromatic heterocycles. The molecule has 0 amide bonds. The molecule has 2 heterocycles. The first-order valence-corrected chi connectivity index (χ1v) is 10.9. The van der Waals surface area contributed by atoms with Crippen LogP contribution in [0.15, 0.2) is 47.4 Å². The van der Waals surface area contributed by atoms with Gasteiger partial charge in [0.15, 0.2) is 0 Å². The molecule has 2 aliphatic heterocycles. The van der Waals surface area contributed by atoms with Gasteiger partial charge in [0.2, 0.25) is 10.0 Å². The van der Waals surface area contributed by atoms with Crippen LogP contribution in [0.4, 0.5) is 0 Å². The molecule has 3 aliphatic rings. The molecule has 2 aromatic rings. The van der Waals surface area contributed by atoms with E-state index in [2.05, 4.69) is 9.62 Å². The Kier molecular flexibility index (Phi) is 4.05. The molecule has 0 radical (unpaired) electrons. The van der Waals surface area contributed by atoms with Gasteiger partial charge in [0, 0.05) is 25.2 Å². The maximum Gasteiger partial charge on any atom is 0.240 e. The molecule has 5 nitrogen and oxygen atoms in total. The van der Waals surface area contributed by atoms with Crippen molar-refractivity contribution in [1.82, 2.24) is 9.62 Å². The SMILES string of the molecule is O=S(=O)(N[C@H]1C[C@H]2CO[C@@H](C3CC3)CN2C1)c1ccc2ccccc2c1. The number of hydrogen-bond donors (Lipinski definition) is 1. The van der Waals surface area contributed by atoms with Gasteiger partial charge >= 0.3 is 0 Å². The van der Waals surface area contributed by atoms with Crippen LogP contribution in [-0.2, 0) is 14.8 Å². The highest BCUT2D eigenvalue weighted by molar-refractivity contribution is 7.89. The Hall–Kier alpha value is -1.47. The number of ether oxygens (including phenoxy) is 1. The van der Waals surface area contributed by atoms with Crippen molar-refractivity contribution >= 4 is 20.8 Å². The second-order valence-corrected chi connectivity index (χ2v) is 9.59. The van der Waals surface area contributed by atoms with Crippen LogP contribution in [0.3, 0.4) is 0 Å². The molecule has 3 fully saturated rings. The van der Waals surface area contributed by atoms with Gasteiger partial charge in [-0.05, 0) is 48.1 Å². The average molecular weight is 372 g/mol. The number of benzene rings is 2. The van der Waals surface area contributed by atoms with Gasteiger partial charge in [0.1, 0.15) is 0 Å². The smallest absolute Gasteiger partial charge is 0.240 e. The molecule has 1 aliphatic carbocycles. The third kappa shape index (κ3) is 3.16. The third-order valence-electron chi connectivity index (χ3n) is 5.95. The molecule has 2 aromatic carbocycles. The summed E-state index contributed by atoms with van der Waals surface area (Å²) in [4.78, 5) is 2.76. The molecule has 26 heavy (non-hydrogen) atoms. The number of fused-ring (bicyclic) bond motifs is 2. The first-order valence-electron chi connectivity index (χ1n) is 9.45. The van der Waals surface area contributed by atoms with Crippen LogP contribution in [0.1, 0.15) is 19.3 Å². The van der Waals surface area contributed by atoms with E-state index in [9.17, 15) is 8.42 Å². The van der Waals surface area contributed by atoms with Gasteiger partial charge in [-0.2, -0.15) is 0 Å². The zero-order valence-electron chi connectivity index (χ0n) is 14.7. The highest BCUT2D eigenvalue weighted by Crippen LogP contribution is 2.38. The molecule has 138 valence electrons. The van der Waals surface area contributed by atoms with Crippen molar-refractivity contribution in [3.8, 4) is 0 Å². The van der Waals surface area contributed by atoms with Crippen LogP contribution in [0.2, 0.25) is 0 Å². The Balaban J connectivity index is 1.30. The fourth-order valence-electron chi connectivity index (χ4n) is 4.36. The Morgan fingerprint density at radius 1 is 1.04 bits per heavy atom. The third-order valence-corrected chi connectivity index (χ3v) is 7.46. The Morgan fingerprint density at radius 3 is 2.65 bits per heavy atom. The van der Waals surface area contributed by atoms with Crippen LogP contribution >= 0.6 is 0 Å². The molecular weight excluding hydrogens is 348 g/mol. The minimum atomic E-state index is -3.51. The minimum absolute atomic E-state index is 0.0435. The van der Waals surface area contributed by atoms with Crippen LogP contribution < -0.4 is 4.72 Å². The van der Waals surface area contributed by atoms with Crippen molar-refractivity contribution in [3.05, 3.63) is 42.5 Å². The summed E-state index contributed by atoms with van der Waals surface area (Å²) in [5, 5.41) is 1.99. The fourth-order valence-corrected chi connectivity index (χ4v) is 5.64. The van der Waals surface area contributed by atoms with E-state index in [0.717, 1.165) is 42.8 Å².